The normalized spacial score (nSPS) is 15.0. The number of nitro groups is 1. The average Bonchev–Trinajstić information content (AvgIpc) is 2.80. The van der Waals surface area contributed by atoms with Crippen LogP contribution in [0.5, 0.6) is 5.75 Å². The third-order valence-corrected chi connectivity index (χ3v) is 4.94. The molecule has 10 heteroatoms. The maximum absolute atomic E-state index is 12.4. The molecule has 0 unspecified atom stereocenters. The molecule has 164 valence electrons. The predicted octanol–water partition coefficient (Wildman–Crippen LogP) is 1.73. The molecule has 2 N–H and O–H groups in total. The summed E-state index contributed by atoms with van der Waals surface area (Å²) in [6.07, 6.45) is 0. The molecule has 1 saturated heterocycles. The predicted molar refractivity (Wildman–Crippen MR) is 113 cm³/mol. The van der Waals surface area contributed by atoms with Crippen LogP contribution >= 0.6 is 0 Å². The van der Waals surface area contributed by atoms with E-state index in [-0.39, 0.29) is 24.0 Å². The Kier molecular flexibility index (Phi) is 7.52. The maximum Gasteiger partial charge on any atom is 0.313 e. The number of amides is 2. The number of nitrogens with zero attached hydrogens (tertiary/aromatic N) is 2. The van der Waals surface area contributed by atoms with E-state index >= 15 is 0 Å². The van der Waals surface area contributed by atoms with E-state index in [0.717, 1.165) is 5.56 Å². The number of methoxy groups -OCH3 is 1. The van der Waals surface area contributed by atoms with Crippen molar-refractivity contribution in [3.05, 3.63) is 64.2 Å². The molecule has 1 fully saturated rings. The lowest BCUT2D eigenvalue weighted by molar-refractivity contribution is -0.384. The van der Waals surface area contributed by atoms with Crippen LogP contribution in [0, 0.1) is 10.1 Å². The van der Waals surface area contributed by atoms with E-state index in [9.17, 15) is 19.7 Å². The first-order chi connectivity index (χ1) is 15.0. The Hall–Kier alpha value is -3.50. The SMILES string of the molecule is COc1cccc([C@H](CNC(=O)C(=O)Nc2cccc([N+](=O)[O-])c2)N2CCOCC2)c1. The molecule has 0 aromatic heterocycles. The van der Waals surface area contributed by atoms with Crippen LogP contribution in [0.25, 0.3) is 0 Å². The van der Waals surface area contributed by atoms with Crippen molar-refractivity contribution in [1.82, 2.24) is 10.2 Å². The Morgan fingerprint density at radius 2 is 1.90 bits per heavy atom. The first-order valence-corrected chi connectivity index (χ1v) is 9.77. The summed E-state index contributed by atoms with van der Waals surface area (Å²) in [4.78, 5) is 37.1. The summed E-state index contributed by atoms with van der Waals surface area (Å²) >= 11 is 0. The van der Waals surface area contributed by atoms with E-state index in [1.54, 1.807) is 7.11 Å². The van der Waals surface area contributed by atoms with Crippen LogP contribution in [-0.2, 0) is 14.3 Å². The van der Waals surface area contributed by atoms with Gasteiger partial charge in [-0.2, -0.15) is 0 Å². The van der Waals surface area contributed by atoms with Gasteiger partial charge in [0, 0.05) is 37.5 Å². The minimum atomic E-state index is -0.896. The summed E-state index contributed by atoms with van der Waals surface area (Å²) in [6.45, 7) is 2.76. The highest BCUT2D eigenvalue weighted by Gasteiger charge is 2.25. The number of carbonyl (C=O) groups is 2. The van der Waals surface area contributed by atoms with Crippen molar-refractivity contribution in [1.29, 1.82) is 0 Å². The van der Waals surface area contributed by atoms with Gasteiger partial charge in [-0.25, -0.2) is 0 Å². The molecule has 0 aliphatic carbocycles. The molecule has 0 saturated carbocycles. The highest BCUT2D eigenvalue weighted by molar-refractivity contribution is 6.39. The number of hydrogen-bond acceptors (Lipinski definition) is 7. The van der Waals surface area contributed by atoms with E-state index in [2.05, 4.69) is 15.5 Å². The van der Waals surface area contributed by atoms with E-state index < -0.39 is 16.7 Å². The van der Waals surface area contributed by atoms with Gasteiger partial charge in [-0.05, 0) is 23.8 Å². The van der Waals surface area contributed by atoms with Gasteiger partial charge in [0.25, 0.3) is 5.69 Å². The Bertz CT molecular complexity index is 945. The van der Waals surface area contributed by atoms with Gasteiger partial charge in [0.05, 0.1) is 31.3 Å². The molecule has 1 atom stereocenters. The molecule has 2 aromatic rings. The van der Waals surface area contributed by atoms with Gasteiger partial charge < -0.3 is 20.1 Å². The number of rotatable bonds is 7. The topological polar surface area (TPSA) is 123 Å². The van der Waals surface area contributed by atoms with Gasteiger partial charge in [-0.3, -0.25) is 24.6 Å². The summed E-state index contributed by atoms with van der Waals surface area (Å²) in [5.41, 5.74) is 0.941. The fourth-order valence-corrected chi connectivity index (χ4v) is 3.35. The van der Waals surface area contributed by atoms with Gasteiger partial charge in [-0.15, -0.1) is 0 Å². The van der Waals surface area contributed by atoms with Crippen LogP contribution in [0.3, 0.4) is 0 Å². The third kappa shape index (κ3) is 6.00. The lowest BCUT2D eigenvalue weighted by Gasteiger charge is -2.35. The van der Waals surface area contributed by atoms with E-state index in [1.165, 1.54) is 24.3 Å². The van der Waals surface area contributed by atoms with Gasteiger partial charge in [0.15, 0.2) is 0 Å². The maximum atomic E-state index is 12.4. The lowest BCUT2D eigenvalue weighted by Crippen LogP contribution is -2.45. The molecule has 0 radical (unpaired) electrons. The van der Waals surface area contributed by atoms with Gasteiger partial charge >= 0.3 is 11.8 Å². The van der Waals surface area contributed by atoms with Crippen LogP contribution in [0.1, 0.15) is 11.6 Å². The van der Waals surface area contributed by atoms with E-state index in [1.807, 2.05) is 24.3 Å². The number of nitro benzene ring substituents is 1. The number of benzene rings is 2. The monoisotopic (exact) mass is 428 g/mol. The average molecular weight is 428 g/mol. The van der Waals surface area contributed by atoms with Crippen LogP contribution in [-0.4, -0.2) is 61.6 Å². The fraction of sp³-hybridized carbons (Fsp3) is 0.333. The second-order valence-electron chi connectivity index (χ2n) is 6.91. The molecular formula is C21H24N4O6. The molecule has 0 bridgehead atoms. The molecule has 31 heavy (non-hydrogen) atoms. The first-order valence-electron chi connectivity index (χ1n) is 9.77. The van der Waals surface area contributed by atoms with Crippen LogP contribution in [0.4, 0.5) is 11.4 Å². The van der Waals surface area contributed by atoms with Crippen molar-refractivity contribution in [2.24, 2.45) is 0 Å². The lowest BCUT2D eigenvalue weighted by atomic mass is 10.0. The van der Waals surface area contributed by atoms with Crippen molar-refractivity contribution in [2.45, 2.75) is 6.04 Å². The van der Waals surface area contributed by atoms with E-state index in [0.29, 0.717) is 32.1 Å². The van der Waals surface area contributed by atoms with Crippen molar-refractivity contribution in [3.8, 4) is 5.75 Å². The van der Waals surface area contributed by atoms with Crippen molar-refractivity contribution < 1.29 is 24.0 Å². The Morgan fingerprint density at radius 1 is 1.16 bits per heavy atom. The van der Waals surface area contributed by atoms with Crippen LogP contribution < -0.4 is 15.4 Å². The van der Waals surface area contributed by atoms with Gasteiger partial charge in [0.1, 0.15) is 5.75 Å². The van der Waals surface area contributed by atoms with Crippen molar-refractivity contribution in [3.63, 3.8) is 0 Å². The van der Waals surface area contributed by atoms with Crippen LogP contribution in [0.15, 0.2) is 48.5 Å². The molecule has 10 nitrogen and oxygen atoms in total. The van der Waals surface area contributed by atoms with Gasteiger partial charge in [-0.1, -0.05) is 18.2 Å². The number of anilines is 1. The Morgan fingerprint density at radius 3 is 2.61 bits per heavy atom. The molecule has 2 aromatic carbocycles. The van der Waals surface area contributed by atoms with Gasteiger partial charge in [0.2, 0.25) is 0 Å². The fourth-order valence-electron chi connectivity index (χ4n) is 3.35. The smallest absolute Gasteiger partial charge is 0.313 e. The Balaban J connectivity index is 1.67. The zero-order valence-electron chi connectivity index (χ0n) is 17.1. The summed E-state index contributed by atoms with van der Waals surface area (Å²) in [5.74, 6) is -1.02. The number of non-ortho nitro benzene ring substituents is 1. The van der Waals surface area contributed by atoms with E-state index in [4.69, 9.17) is 9.47 Å². The number of morpholine rings is 1. The largest absolute Gasteiger partial charge is 0.497 e. The highest BCUT2D eigenvalue weighted by Crippen LogP contribution is 2.25. The molecule has 1 aliphatic rings. The molecule has 1 heterocycles. The molecule has 1 aliphatic heterocycles. The number of hydrogen-bond donors (Lipinski definition) is 2. The minimum Gasteiger partial charge on any atom is -0.497 e. The number of ether oxygens (including phenoxy) is 2. The molecule has 0 spiro atoms. The Labute approximate surface area is 179 Å². The van der Waals surface area contributed by atoms with Crippen molar-refractivity contribution >= 4 is 23.2 Å². The second kappa shape index (κ2) is 10.5. The standard InChI is InChI=1S/C21H24N4O6/c1-30-18-7-2-4-15(12-18)19(24-8-10-31-11-9-24)14-22-20(26)21(27)23-16-5-3-6-17(13-16)25(28)29/h2-7,12-13,19H,8-11,14H2,1H3,(H,22,26)(H,23,27)/t19-/m0/s1. The highest BCUT2D eigenvalue weighted by atomic mass is 16.6. The summed E-state index contributed by atoms with van der Waals surface area (Å²) < 4.78 is 10.7. The summed E-state index contributed by atoms with van der Waals surface area (Å²) in [7, 11) is 1.59. The van der Waals surface area contributed by atoms with Crippen molar-refractivity contribution in [2.75, 3.05) is 45.3 Å². The zero-order valence-corrected chi connectivity index (χ0v) is 17.1. The first kappa shape index (κ1) is 22.2. The zero-order chi connectivity index (χ0) is 22.2. The quantitative estimate of drug-likeness (QED) is 0.391. The summed E-state index contributed by atoms with van der Waals surface area (Å²) in [6, 6.07) is 12.8. The third-order valence-electron chi connectivity index (χ3n) is 4.94. The molecule has 2 amide bonds. The number of nitrogens with one attached hydrogen (secondary N) is 2. The number of carbonyl (C=O) groups excluding carboxylic acids is 2. The minimum absolute atomic E-state index is 0.173. The van der Waals surface area contributed by atoms with Crippen LogP contribution in [0.2, 0.25) is 0 Å². The molecule has 3 rings (SSSR count). The molecular weight excluding hydrogens is 404 g/mol. The second-order valence-corrected chi connectivity index (χ2v) is 6.91. The summed E-state index contributed by atoms with van der Waals surface area (Å²) in [5, 5.41) is 15.9.